The Morgan fingerprint density at radius 2 is 2.15 bits per heavy atom. The highest BCUT2D eigenvalue weighted by Crippen LogP contribution is 2.14. The molecule has 1 aromatic heterocycles. The lowest BCUT2D eigenvalue weighted by Crippen LogP contribution is -2.35. The number of hydrogen-bond donors (Lipinski definition) is 0. The van der Waals surface area contributed by atoms with Crippen molar-refractivity contribution in [3.05, 3.63) is 42.1 Å². The average Bonchev–Trinajstić information content (AvgIpc) is 2.46. The van der Waals surface area contributed by atoms with Crippen molar-refractivity contribution >= 4 is 16.8 Å². The Bertz CT molecular complexity index is 598. The molecule has 0 aliphatic rings. The number of likely N-dealkylation sites (N-methyl/N-ethyl adjacent to an activating group) is 1. The van der Waals surface area contributed by atoms with Crippen molar-refractivity contribution in [1.82, 2.24) is 9.88 Å². The van der Waals surface area contributed by atoms with Gasteiger partial charge in [0.05, 0.1) is 5.52 Å². The second kappa shape index (κ2) is 6.48. The molecule has 1 aromatic carbocycles. The number of carbonyl (C=O) groups is 1. The summed E-state index contributed by atoms with van der Waals surface area (Å²) in [6.45, 7) is 4.74. The van der Waals surface area contributed by atoms with Gasteiger partial charge >= 0.3 is 0 Å². The summed E-state index contributed by atoms with van der Waals surface area (Å²) in [4.78, 5) is 18.2. The molecule has 0 bridgehead atoms. The maximum absolute atomic E-state index is 12.1. The molecule has 0 unspecified atom stereocenters. The molecule has 1 amide bonds. The molecule has 0 saturated heterocycles. The van der Waals surface area contributed by atoms with Crippen molar-refractivity contribution in [2.75, 3.05) is 13.7 Å². The molecule has 1 heterocycles. The van der Waals surface area contributed by atoms with Crippen LogP contribution in [0.4, 0.5) is 0 Å². The van der Waals surface area contributed by atoms with E-state index in [1.54, 1.807) is 18.9 Å². The van der Waals surface area contributed by atoms with Gasteiger partial charge in [0.25, 0.3) is 5.91 Å². The fraction of sp³-hybridized carbons (Fsp3) is 0.375. The third-order valence-electron chi connectivity index (χ3n) is 3.21. The fourth-order valence-electron chi connectivity index (χ4n) is 2.19. The summed E-state index contributed by atoms with van der Waals surface area (Å²) in [6.07, 6.45) is 1.41. The summed E-state index contributed by atoms with van der Waals surface area (Å²) in [5.74, 6) is -0.0139. The van der Waals surface area contributed by atoms with Crippen LogP contribution in [0, 0.1) is 0 Å². The zero-order valence-corrected chi connectivity index (χ0v) is 12.2. The third-order valence-corrected chi connectivity index (χ3v) is 3.21. The Kier molecular flexibility index (Phi) is 4.69. The highest BCUT2D eigenvalue weighted by atomic mass is 16.5. The van der Waals surface area contributed by atoms with Crippen molar-refractivity contribution in [3.8, 4) is 0 Å². The molecule has 0 radical (unpaired) electrons. The van der Waals surface area contributed by atoms with E-state index in [0.717, 1.165) is 16.5 Å². The Balaban J connectivity index is 2.09. The zero-order chi connectivity index (χ0) is 14.5. The second-order valence-electron chi connectivity index (χ2n) is 4.83. The van der Waals surface area contributed by atoms with Crippen molar-refractivity contribution in [3.63, 3.8) is 0 Å². The normalized spacial score (nSPS) is 12.3. The zero-order valence-electron chi connectivity index (χ0n) is 12.2. The van der Waals surface area contributed by atoms with E-state index in [1.807, 2.05) is 37.4 Å². The molecule has 0 N–H and O–H groups in total. The first-order valence-electron chi connectivity index (χ1n) is 6.82. The van der Waals surface area contributed by atoms with Crippen LogP contribution < -0.4 is 0 Å². The molecule has 0 aliphatic heterocycles. The monoisotopic (exact) mass is 272 g/mol. The lowest BCUT2D eigenvalue weighted by atomic mass is 10.1. The highest BCUT2D eigenvalue weighted by molar-refractivity contribution is 5.81. The first-order chi connectivity index (χ1) is 9.61. The van der Waals surface area contributed by atoms with Crippen LogP contribution in [0.1, 0.15) is 19.4 Å². The largest absolute Gasteiger partial charge is 0.369 e. The minimum atomic E-state index is -0.404. The van der Waals surface area contributed by atoms with Gasteiger partial charge in [-0.15, -0.1) is 0 Å². The molecule has 4 nitrogen and oxygen atoms in total. The van der Waals surface area contributed by atoms with Gasteiger partial charge < -0.3 is 9.64 Å². The van der Waals surface area contributed by atoms with Gasteiger partial charge in [-0.1, -0.05) is 18.2 Å². The Morgan fingerprint density at radius 1 is 1.40 bits per heavy atom. The summed E-state index contributed by atoms with van der Waals surface area (Å²) in [5, 5.41) is 1.09. The van der Waals surface area contributed by atoms with Gasteiger partial charge in [0.15, 0.2) is 0 Å². The summed E-state index contributed by atoms with van der Waals surface area (Å²) >= 11 is 0. The molecule has 0 saturated carbocycles. The summed E-state index contributed by atoms with van der Waals surface area (Å²) in [7, 11) is 1.78. The SMILES string of the molecule is CCO[C@@H](C)C(=O)N(C)Cc1cnc2ccccc2c1. The molecule has 2 aromatic rings. The van der Waals surface area contributed by atoms with Crippen LogP contribution in [0.3, 0.4) is 0 Å². The van der Waals surface area contributed by atoms with Crippen molar-refractivity contribution in [2.24, 2.45) is 0 Å². The van der Waals surface area contributed by atoms with E-state index in [2.05, 4.69) is 11.1 Å². The molecule has 1 atom stereocenters. The van der Waals surface area contributed by atoms with E-state index < -0.39 is 6.10 Å². The van der Waals surface area contributed by atoms with Gasteiger partial charge in [0, 0.05) is 31.8 Å². The van der Waals surface area contributed by atoms with Crippen LogP contribution in [-0.2, 0) is 16.1 Å². The number of para-hydroxylation sites is 1. The number of amides is 1. The molecule has 20 heavy (non-hydrogen) atoms. The van der Waals surface area contributed by atoms with Crippen LogP contribution in [0.25, 0.3) is 10.9 Å². The number of rotatable bonds is 5. The van der Waals surface area contributed by atoms with Crippen molar-refractivity contribution < 1.29 is 9.53 Å². The number of aromatic nitrogens is 1. The molecular weight excluding hydrogens is 252 g/mol. The molecule has 4 heteroatoms. The molecule has 0 fully saturated rings. The lowest BCUT2D eigenvalue weighted by molar-refractivity contribution is -0.141. The summed E-state index contributed by atoms with van der Waals surface area (Å²) in [6, 6.07) is 10.0. The van der Waals surface area contributed by atoms with E-state index in [0.29, 0.717) is 13.2 Å². The van der Waals surface area contributed by atoms with Crippen LogP contribution in [0.15, 0.2) is 36.5 Å². The Morgan fingerprint density at radius 3 is 2.90 bits per heavy atom. The molecule has 0 aliphatic carbocycles. The van der Waals surface area contributed by atoms with E-state index in [4.69, 9.17) is 4.74 Å². The summed E-state index contributed by atoms with van der Waals surface area (Å²) in [5.41, 5.74) is 1.98. The van der Waals surface area contributed by atoms with E-state index >= 15 is 0 Å². The lowest BCUT2D eigenvalue weighted by Gasteiger charge is -2.21. The van der Waals surface area contributed by atoms with Gasteiger partial charge in [-0.25, -0.2) is 0 Å². The Hall–Kier alpha value is -1.94. The highest BCUT2D eigenvalue weighted by Gasteiger charge is 2.17. The second-order valence-corrected chi connectivity index (χ2v) is 4.83. The number of pyridine rings is 1. The number of nitrogens with zero attached hydrogens (tertiary/aromatic N) is 2. The Labute approximate surface area is 119 Å². The van der Waals surface area contributed by atoms with Crippen molar-refractivity contribution in [2.45, 2.75) is 26.5 Å². The number of carbonyl (C=O) groups excluding carboxylic acids is 1. The molecule has 2 rings (SSSR count). The minimum absolute atomic E-state index is 0.0139. The number of hydrogen-bond acceptors (Lipinski definition) is 3. The maximum atomic E-state index is 12.1. The molecular formula is C16H20N2O2. The topological polar surface area (TPSA) is 42.4 Å². The quantitative estimate of drug-likeness (QED) is 0.840. The van der Waals surface area contributed by atoms with Gasteiger partial charge in [0.1, 0.15) is 6.10 Å². The van der Waals surface area contributed by atoms with Crippen LogP contribution in [0.2, 0.25) is 0 Å². The van der Waals surface area contributed by atoms with Gasteiger partial charge in [-0.05, 0) is 31.5 Å². The standard InChI is InChI=1S/C16H20N2O2/c1-4-20-12(2)16(19)18(3)11-13-9-14-7-5-6-8-15(14)17-10-13/h5-10,12H,4,11H2,1-3H3/t12-/m0/s1. The average molecular weight is 272 g/mol. The van der Waals surface area contributed by atoms with Crippen LogP contribution >= 0.6 is 0 Å². The van der Waals surface area contributed by atoms with Crippen LogP contribution in [0.5, 0.6) is 0 Å². The molecule has 0 spiro atoms. The predicted octanol–water partition coefficient (Wildman–Crippen LogP) is 2.62. The van der Waals surface area contributed by atoms with Crippen molar-refractivity contribution in [1.29, 1.82) is 0 Å². The first kappa shape index (κ1) is 14.5. The van der Waals surface area contributed by atoms with E-state index in [-0.39, 0.29) is 5.91 Å². The molecule has 106 valence electrons. The number of ether oxygens (including phenoxy) is 1. The smallest absolute Gasteiger partial charge is 0.251 e. The maximum Gasteiger partial charge on any atom is 0.251 e. The van der Waals surface area contributed by atoms with Gasteiger partial charge in [-0.3, -0.25) is 9.78 Å². The van der Waals surface area contributed by atoms with Gasteiger partial charge in [0.2, 0.25) is 0 Å². The predicted molar refractivity (Wildman–Crippen MR) is 79.3 cm³/mol. The van der Waals surface area contributed by atoms with E-state index in [1.165, 1.54) is 0 Å². The minimum Gasteiger partial charge on any atom is -0.369 e. The third kappa shape index (κ3) is 3.33. The van der Waals surface area contributed by atoms with Crippen LogP contribution in [-0.4, -0.2) is 35.5 Å². The number of fused-ring (bicyclic) bond motifs is 1. The van der Waals surface area contributed by atoms with E-state index in [9.17, 15) is 4.79 Å². The summed E-state index contributed by atoms with van der Waals surface area (Å²) < 4.78 is 5.33. The first-order valence-corrected chi connectivity index (χ1v) is 6.82. The fourth-order valence-corrected chi connectivity index (χ4v) is 2.19. The van der Waals surface area contributed by atoms with Gasteiger partial charge in [-0.2, -0.15) is 0 Å². The number of benzene rings is 1.